The van der Waals surface area contributed by atoms with E-state index < -0.39 is 0 Å². The number of nitrogens with zero attached hydrogens (tertiary/aromatic N) is 1. The molecule has 0 radical (unpaired) electrons. The van der Waals surface area contributed by atoms with Crippen LogP contribution in [0.3, 0.4) is 0 Å². The summed E-state index contributed by atoms with van der Waals surface area (Å²) in [5, 5.41) is 0. The Morgan fingerprint density at radius 1 is 1.43 bits per heavy atom. The van der Waals surface area contributed by atoms with E-state index in [9.17, 15) is 4.79 Å². The largest absolute Gasteiger partial charge is 0.493 e. The maximum Gasteiger partial charge on any atom is 0.167 e. The highest BCUT2D eigenvalue weighted by Gasteiger charge is 2.18. The standard InChI is InChI=1S/C18H27NO2/c1-4-21-18-8-7-14(2)12-16(18)17(20)9-11-19-10-5-6-15(3)13-19/h7-8,12,15H,4-6,9-11,13H2,1-3H3. The van der Waals surface area contributed by atoms with Crippen molar-refractivity contribution in [1.29, 1.82) is 0 Å². The number of carbonyl (C=O) groups excluding carboxylic acids is 1. The van der Waals surface area contributed by atoms with E-state index >= 15 is 0 Å². The van der Waals surface area contributed by atoms with Gasteiger partial charge in [-0.2, -0.15) is 0 Å². The summed E-state index contributed by atoms with van der Waals surface area (Å²) in [7, 11) is 0. The van der Waals surface area contributed by atoms with Gasteiger partial charge < -0.3 is 9.64 Å². The Kier molecular flexibility index (Phi) is 5.80. The molecule has 0 bridgehead atoms. The first-order valence-electron chi connectivity index (χ1n) is 8.09. The lowest BCUT2D eigenvalue weighted by Crippen LogP contribution is -2.35. The third kappa shape index (κ3) is 4.57. The van der Waals surface area contributed by atoms with Crippen molar-refractivity contribution in [3.05, 3.63) is 29.3 Å². The Morgan fingerprint density at radius 3 is 2.95 bits per heavy atom. The van der Waals surface area contributed by atoms with Crippen LogP contribution in [0.15, 0.2) is 18.2 Å². The van der Waals surface area contributed by atoms with Gasteiger partial charge in [-0.3, -0.25) is 4.79 Å². The van der Waals surface area contributed by atoms with Crippen molar-refractivity contribution >= 4 is 5.78 Å². The van der Waals surface area contributed by atoms with Crippen LogP contribution in [-0.4, -0.2) is 36.9 Å². The number of likely N-dealkylation sites (tertiary alicyclic amines) is 1. The molecule has 0 saturated carbocycles. The van der Waals surface area contributed by atoms with Crippen LogP contribution in [0.1, 0.15) is 49.0 Å². The van der Waals surface area contributed by atoms with Crippen LogP contribution in [0.5, 0.6) is 5.75 Å². The normalized spacial score (nSPS) is 19.5. The van der Waals surface area contributed by atoms with Gasteiger partial charge in [-0.25, -0.2) is 0 Å². The molecule has 0 N–H and O–H groups in total. The van der Waals surface area contributed by atoms with Gasteiger partial charge in [-0.05, 0) is 51.3 Å². The number of hydrogen-bond donors (Lipinski definition) is 0. The first-order chi connectivity index (χ1) is 10.1. The fourth-order valence-electron chi connectivity index (χ4n) is 3.03. The van der Waals surface area contributed by atoms with E-state index in [-0.39, 0.29) is 5.78 Å². The van der Waals surface area contributed by atoms with Gasteiger partial charge in [-0.1, -0.05) is 18.6 Å². The molecular weight excluding hydrogens is 262 g/mol. The summed E-state index contributed by atoms with van der Waals surface area (Å²) in [5.41, 5.74) is 1.84. The van der Waals surface area contributed by atoms with E-state index in [0.717, 1.165) is 42.4 Å². The first-order valence-corrected chi connectivity index (χ1v) is 8.09. The van der Waals surface area contributed by atoms with Crippen LogP contribution in [0, 0.1) is 12.8 Å². The summed E-state index contributed by atoms with van der Waals surface area (Å²) in [6, 6.07) is 5.86. The average molecular weight is 289 g/mol. The summed E-state index contributed by atoms with van der Waals surface area (Å²) in [6.45, 7) is 9.96. The molecule has 1 aliphatic heterocycles. The number of Topliss-reactive ketones (excluding diaryl/α,β-unsaturated/α-hetero) is 1. The van der Waals surface area contributed by atoms with Crippen LogP contribution in [-0.2, 0) is 0 Å². The molecule has 0 aliphatic carbocycles. The Morgan fingerprint density at radius 2 is 2.24 bits per heavy atom. The zero-order chi connectivity index (χ0) is 15.2. The smallest absolute Gasteiger partial charge is 0.167 e. The molecule has 1 aromatic rings. The quantitative estimate of drug-likeness (QED) is 0.748. The number of piperidine rings is 1. The molecule has 1 heterocycles. The number of ether oxygens (including phenoxy) is 1. The molecule has 3 heteroatoms. The van der Waals surface area contributed by atoms with Gasteiger partial charge in [0.1, 0.15) is 5.75 Å². The molecule has 1 fully saturated rings. The summed E-state index contributed by atoms with van der Waals surface area (Å²) in [4.78, 5) is 14.9. The minimum absolute atomic E-state index is 0.195. The van der Waals surface area contributed by atoms with Crippen molar-refractivity contribution in [2.45, 2.75) is 40.0 Å². The van der Waals surface area contributed by atoms with E-state index in [4.69, 9.17) is 4.74 Å². The second-order valence-corrected chi connectivity index (χ2v) is 6.15. The Hall–Kier alpha value is -1.35. The van der Waals surface area contributed by atoms with E-state index in [2.05, 4.69) is 11.8 Å². The van der Waals surface area contributed by atoms with Crippen LogP contribution in [0.25, 0.3) is 0 Å². The molecule has 1 unspecified atom stereocenters. The third-order valence-corrected chi connectivity index (χ3v) is 4.13. The first kappa shape index (κ1) is 16.0. The molecule has 0 spiro atoms. The second-order valence-electron chi connectivity index (χ2n) is 6.15. The molecule has 0 amide bonds. The lowest BCUT2D eigenvalue weighted by molar-refractivity contribution is 0.0945. The predicted molar refractivity (Wildman–Crippen MR) is 86.1 cm³/mol. The molecule has 3 nitrogen and oxygen atoms in total. The summed E-state index contributed by atoms with van der Waals surface area (Å²) < 4.78 is 5.59. The highest BCUT2D eigenvalue weighted by molar-refractivity contribution is 5.99. The molecule has 1 saturated heterocycles. The van der Waals surface area contributed by atoms with Gasteiger partial charge in [0.05, 0.1) is 12.2 Å². The Bertz CT molecular complexity index is 484. The van der Waals surface area contributed by atoms with Crippen molar-refractivity contribution in [2.75, 3.05) is 26.2 Å². The lowest BCUT2D eigenvalue weighted by Gasteiger charge is -2.30. The average Bonchev–Trinajstić information content (AvgIpc) is 2.47. The van der Waals surface area contributed by atoms with Gasteiger partial charge in [0.25, 0.3) is 0 Å². The molecule has 2 rings (SSSR count). The predicted octanol–water partition coefficient (Wildman–Crippen LogP) is 3.70. The topological polar surface area (TPSA) is 29.5 Å². The fraction of sp³-hybridized carbons (Fsp3) is 0.611. The van der Waals surface area contributed by atoms with E-state index in [0.29, 0.717) is 13.0 Å². The number of hydrogen-bond acceptors (Lipinski definition) is 3. The van der Waals surface area contributed by atoms with Crippen molar-refractivity contribution in [3.63, 3.8) is 0 Å². The fourth-order valence-corrected chi connectivity index (χ4v) is 3.03. The number of carbonyl (C=O) groups is 1. The van der Waals surface area contributed by atoms with Gasteiger partial charge in [-0.15, -0.1) is 0 Å². The zero-order valence-electron chi connectivity index (χ0n) is 13.5. The van der Waals surface area contributed by atoms with Crippen molar-refractivity contribution < 1.29 is 9.53 Å². The number of ketones is 1. The van der Waals surface area contributed by atoms with E-state index in [1.807, 2.05) is 32.0 Å². The highest BCUT2D eigenvalue weighted by Crippen LogP contribution is 2.22. The maximum absolute atomic E-state index is 12.5. The van der Waals surface area contributed by atoms with Crippen molar-refractivity contribution in [3.8, 4) is 5.75 Å². The maximum atomic E-state index is 12.5. The van der Waals surface area contributed by atoms with Crippen LogP contribution in [0.4, 0.5) is 0 Å². The van der Waals surface area contributed by atoms with Crippen LogP contribution in [0.2, 0.25) is 0 Å². The lowest BCUT2D eigenvalue weighted by atomic mass is 9.99. The second kappa shape index (κ2) is 7.60. The summed E-state index contributed by atoms with van der Waals surface area (Å²) in [6.07, 6.45) is 3.15. The molecule has 1 atom stereocenters. The zero-order valence-corrected chi connectivity index (χ0v) is 13.5. The molecule has 1 aromatic carbocycles. The molecule has 1 aliphatic rings. The summed E-state index contributed by atoms with van der Waals surface area (Å²) >= 11 is 0. The third-order valence-electron chi connectivity index (χ3n) is 4.13. The van der Waals surface area contributed by atoms with Crippen LogP contribution >= 0.6 is 0 Å². The summed E-state index contributed by atoms with van der Waals surface area (Å²) in [5.74, 6) is 1.67. The minimum atomic E-state index is 0.195. The number of rotatable bonds is 6. The Balaban J connectivity index is 1.97. The van der Waals surface area contributed by atoms with Crippen molar-refractivity contribution in [1.82, 2.24) is 4.90 Å². The molecule has 21 heavy (non-hydrogen) atoms. The molecular formula is C18H27NO2. The van der Waals surface area contributed by atoms with Crippen molar-refractivity contribution in [2.24, 2.45) is 5.92 Å². The number of aryl methyl sites for hydroxylation is 1. The highest BCUT2D eigenvalue weighted by atomic mass is 16.5. The number of benzene rings is 1. The monoisotopic (exact) mass is 289 g/mol. The Labute approximate surface area is 128 Å². The van der Waals surface area contributed by atoms with Crippen LogP contribution < -0.4 is 4.74 Å². The van der Waals surface area contributed by atoms with Gasteiger partial charge in [0.2, 0.25) is 0 Å². The SMILES string of the molecule is CCOc1ccc(C)cc1C(=O)CCN1CCCC(C)C1. The van der Waals surface area contributed by atoms with Gasteiger partial charge in [0.15, 0.2) is 5.78 Å². The van der Waals surface area contributed by atoms with E-state index in [1.54, 1.807) is 0 Å². The van der Waals surface area contributed by atoms with Gasteiger partial charge >= 0.3 is 0 Å². The molecule has 116 valence electrons. The molecule has 0 aromatic heterocycles. The van der Waals surface area contributed by atoms with Gasteiger partial charge in [0, 0.05) is 19.5 Å². The minimum Gasteiger partial charge on any atom is -0.493 e. The van der Waals surface area contributed by atoms with E-state index in [1.165, 1.54) is 12.8 Å².